The van der Waals surface area contributed by atoms with Crippen LogP contribution in [0.5, 0.6) is 5.75 Å². The molecule has 0 heterocycles. The molecule has 2 aromatic carbocycles. The van der Waals surface area contributed by atoms with E-state index in [1.807, 2.05) is 6.07 Å². The first-order valence-electron chi connectivity index (χ1n) is 7.40. The molecule has 0 atom stereocenters. The van der Waals surface area contributed by atoms with E-state index in [1.54, 1.807) is 50.2 Å². The number of benzene rings is 2. The van der Waals surface area contributed by atoms with Gasteiger partial charge in [0.1, 0.15) is 5.75 Å². The summed E-state index contributed by atoms with van der Waals surface area (Å²) < 4.78 is 34.1. The second-order valence-electron chi connectivity index (χ2n) is 5.49. The molecule has 0 amide bonds. The molecular weight excluding hydrogens is 328 g/mol. The van der Waals surface area contributed by atoms with Crippen molar-refractivity contribution >= 4 is 21.7 Å². The number of rotatable bonds is 7. The van der Waals surface area contributed by atoms with Gasteiger partial charge in [-0.05, 0) is 32.0 Å². The van der Waals surface area contributed by atoms with Crippen molar-refractivity contribution in [3.63, 3.8) is 0 Å². The summed E-state index contributed by atoms with van der Waals surface area (Å²) in [6, 6.07) is 13.1. The fraction of sp³-hybridized carbons (Fsp3) is 0.235. The van der Waals surface area contributed by atoms with E-state index in [0.717, 1.165) is 0 Å². The van der Waals surface area contributed by atoms with E-state index in [1.165, 1.54) is 13.2 Å². The number of nitrogens with one attached hydrogen (secondary N) is 2. The second kappa shape index (κ2) is 7.46. The summed E-state index contributed by atoms with van der Waals surface area (Å²) in [7, 11) is -2.33. The topological polar surface area (TPSA) is 84.5 Å². The average molecular weight is 348 g/mol. The maximum atomic E-state index is 12.5. The maximum Gasteiger partial charge on any atom is 0.299 e. The van der Waals surface area contributed by atoms with Crippen molar-refractivity contribution in [3.8, 4) is 5.75 Å². The Morgan fingerprint density at radius 1 is 1.04 bits per heavy atom. The zero-order chi connectivity index (χ0) is 17.7. The smallest absolute Gasteiger partial charge is 0.299 e. The highest BCUT2D eigenvalue weighted by atomic mass is 32.2. The minimum Gasteiger partial charge on any atom is -0.495 e. The molecule has 0 saturated heterocycles. The molecule has 2 N–H and O–H groups in total. The summed E-state index contributed by atoms with van der Waals surface area (Å²) in [5.74, 6) is 0.129. The zero-order valence-electron chi connectivity index (χ0n) is 13.7. The highest BCUT2D eigenvalue weighted by Gasteiger charge is 2.17. The zero-order valence-corrected chi connectivity index (χ0v) is 14.6. The molecule has 0 fully saturated rings. The lowest BCUT2D eigenvalue weighted by atomic mass is 10.0. The molecule has 2 aromatic rings. The van der Waals surface area contributed by atoms with E-state index in [0.29, 0.717) is 16.9 Å². The molecule has 7 heteroatoms. The van der Waals surface area contributed by atoms with Crippen molar-refractivity contribution in [1.29, 1.82) is 0 Å². The van der Waals surface area contributed by atoms with Crippen LogP contribution >= 0.6 is 0 Å². The Morgan fingerprint density at radius 3 is 2.29 bits per heavy atom. The summed E-state index contributed by atoms with van der Waals surface area (Å²) in [5.41, 5.74) is 1.09. The van der Waals surface area contributed by atoms with Crippen LogP contribution in [0.1, 0.15) is 29.8 Å². The number of hydrogen-bond donors (Lipinski definition) is 2. The summed E-state index contributed by atoms with van der Waals surface area (Å²) in [4.78, 5) is 12.5. The van der Waals surface area contributed by atoms with Crippen molar-refractivity contribution in [2.45, 2.75) is 19.9 Å². The molecular formula is C17H20N2O4S. The molecule has 0 aliphatic carbocycles. The fourth-order valence-electron chi connectivity index (χ4n) is 2.17. The minimum absolute atomic E-state index is 0.199. The van der Waals surface area contributed by atoms with Gasteiger partial charge >= 0.3 is 0 Å². The molecule has 2 rings (SSSR count). The number of carbonyl (C=O) groups is 1. The van der Waals surface area contributed by atoms with Crippen LogP contribution in [0.25, 0.3) is 0 Å². The number of hydrogen-bond acceptors (Lipinski definition) is 4. The van der Waals surface area contributed by atoms with Gasteiger partial charge in [-0.25, -0.2) is 0 Å². The van der Waals surface area contributed by atoms with Crippen molar-refractivity contribution < 1.29 is 17.9 Å². The predicted molar refractivity (Wildman–Crippen MR) is 93.7 cm³/mol. The Kier molecular flexibility index (Phi) is 5.58. The molecule has 0 unspecified atom stereocenters. The van der Waals surface area contributed by atoms with Crippen molar-refractivity contribution in [2.24, 2.45) is 0 Å². The van der Waals surface area contributed by atoms with E-state index in [4.69, 9.17) is 4.74 Å². The van der Waals surface area contributed by atoms with Gasteiger partial charge < -0.3 is 4.74 Å². The summed E-state index contributed by atoms with van der Waals surface area (Å²) >= 11 is 0. The largest absolute Gasteiger partial charge is 0.495 e. The quantitative estimate of drug-likeness (QED) is 0.753. The second-order valence-corrected chi connectivity index (χ2v) is 6.93. The lowest BCUT2D eigenvalue weighted by Gasteiger charge is -2.15. The fourth-order valence-corrected chi connectivity index (χ4v) is 3.30. The van der Waals surface area contributed by atoms with Crippen LogP contribution in [0, 0.1) is 0 Å². The molecule has 0 spiro atoms. The first-order chi connectivity index (χ1) is 11.3. The van der Waals surface area contributed by atoms with Crippen LogP contribution in [0.4, 0.5) is 5.69 Å². The Morgan fingerprint density at radius 2 is 1.71 bits per heavy atom. The van der Waals surface area contributed by atoms with Gasteiger partial charge in [0.2, 0.25) is 0 Å². The van der Waals surface area contributed by atoms with E-state index in [-0.39, 0.29) is 17.5 Å². The van der Waals surface area contributed by atoms with Gasteiger partial charge in [-0.15, -0.1) is 0 Å². The predicted octanol–water partition coefficient (Wildman–Crippen LogP) is 2.58. The number of carbonyl (C=O) groups excluding carboxylic acids is 1. The molecule has 6 nitrogen and oxygen atoms in total. The molecule has 0 saturated carbocycles. The van der Waals surface area contributed by atoms with Crippen LogP contribution in [-0.2, 0) is 10.2 Å². The van der Waals surface area contributed by atoms with Gasteiger partial charge in [0.25, 0.3) is 10.2 Å². The molecule has 0 radical (unpaired) electrons. The maximum absolute atomic E-state index is 12.5. The van der Waals surface area contributed by atoms with Gasteiger partial charge in [-0.1, -0.05) is 30.3 Å². The third-order valence-electron chi connectivity index (χ3n) is 3.13. The van der Waals surface area contributed by atoms with Crippen LogP contribution in [0.15, 0.2) is 48.5 Å². The number of ketones is 1. The van der Waals surface area contributed by atoms with Crippen molar-refractivity contribution in [3.05, 3.63) is 59.7 Å². The first-order valence-corrected chi connectivity index (χ1v) is 8.88. The number of methoxy groups -OCH3 is 1. The van der Waals surface area contributed by atoms with Crippen LogP contribution in [0.2, 0.25) is 0 Å². The van der Waals surface area contributed by atoms with Crippen LogP contribution in [-0.4, -0.2) is 27.4 Å². The lowest BCUT2D eigenvalue weighted by Crippen LogP contribution is -2.35. The highest BCUT2D eigenvalue weighted by Crippen LogP contribution is 2.27. The number of ether oxygens (including phenoxy) is 1. The normalized spacial score (nSPS) is 11.3. The SMILES string of the molecule is COc1ccc(C(=O)c2ccccc2)cc1NS(=O)(=O)NC(C)C. The minimum atomic E-state index is -3.76. The van der Waals surface area contributed by atoms with Gasteiger partial charge in [0.05, 0.1) is 12.8 Å². The molecule has 0 aromatic heterocycles. The Balaban J connectivity index is 2.36. The lowest BCUT2D eigenvalue weighted by molar-refractivity contribution is 0.103. The monoisotopic (exact) mass is 348 g/mol. The average Bonchev–Trinajstić information content (AvgIpc) is 2.53. The molecule has 0 aliphatic rings. The Labute approximate surface area is 142 Å². The van der Waals surface area contributed by atoms with Crippen molar-refractivity contribution in [1.82, 2.24) is 4.72 Å². The molecule has 0 bridgehead atoms. The summed E-state index contributed by atoms with van der Waals surface area (Å²) in [6.45, 7) is 3.43. The van der Waals surface area contributed by atoms with E-state index >= 15 is 0 Å². The van der Waals surface area contributed by atoms with Crippen LogP contribution in [0.3, 0.4) is 0 Å². The van der Waals surface area contributed by atoms with E-state index in [2.05, 4.69) is 9.44 Å². The van der Waals surface area contributed by atoms with Crippen LogP contribution < -0.4 is 14.2 Å². The molecule has 24 heavy (non-hydrogen) atoms. The van der Waals surface area contributed by atoms with Gasteiger partial charge in [0, 0.05) is 17.2 Å². The Hall–Kier alpha value is -2.38. The van der Waals surface area contributed by atoms with Gasteiger partial charge in [-0.2, -0.15) is 13.1 Å². The third kappa shape index (κ3) is 4.56. The number of anilines is 1. The van der Waals surface area contributed by atoms with Crippen molar-refractivity contribution in [2.75, 3.05) is 11.8 Å². The summed E-state index contributed by atoms with van der Waals surface area (Å²) in [5, 5.41) is 0. The summed E-state index contributed by atoms with van der Waals surface area (Å²) in [6.07, 6.45) is 0. The molecule has 128 valence electrons. The third-order valence-corrected chi connectivity index (χ3v) is 4.40. The molecule has 0 aliphatic heterocycles. The Bertz CT molecular complexity index is 818. The van der Waals surface area contributed by atoms with E-state index < -0.39 is 10.2 Å². The van der Waals surface area contributed by atoms with Gasteiger partial charge in [-0.3, -0.25) is 9.52 Å². The first kappa shape index (κ1) is 18.0. The van der Waals surface area contributed by atoms with E-state index in [9.17, 15) is 13.2 Å². The van der Waals surface area contributed by atoms with Gasteiger partial charge in [0.15, 0.2) is 5.78 Å². The highest BCUT2D eigenvalue weighted by molar-refractivity contribution is 7.90. The standard InChI is InChI=1S/C17H20N2O4S/c1-12(2)18-24(21,22)19-15-11-14(9-10-16(15)23-3)17(20)13-7-5-4-6-8-13/h4-12,18-19H,1-3H3.